The fraction of sp³-hybridized carbons (Fsp3) is 0.588. The Kier molecular flexibility index (Phi) is 6.10. The van der Waals surface area contributed by atoms with Crippen LogP contribution in [0.1, 0.15) is 32.3 Å². The molecule has 0 saturated carbocycles. The Labute approximate surface area is 156 Å². The van der Waals surface area contributed by atoms with E-state index in [4.69, 9.17) is 5.11 Å². The summed E-state index contributed by atoms with van der Waals surface area (Å²) in [6, 6.07) is 5.69. The van der Waals surface area contributed by atoms with E-state index < -0.39 is 27.0 Å². The SMILES string of the molecule is C[C@H]1CN(CCC(=O)O)CC[C@@]1(C)c1cccc(OS(=O)(=O)C(F)(F)F)c1. The molecule has 0 aliphatic carbocycles. The molecule has 0 radical (unpaired) electrons. The van der Waals surface area contributed by atoms with Gasteiger partial charge in [0.25, 0.3) is 0 Å². The summed E-state index contributed by atoms with van der Waals surface area (Å²) in [4.78, 5) is 12.8. The average Bonchev–Trinajstić information content (AvgIpc) is 2.55. The topological polar surface area (TPSA) is 83.9 Å². The molecule has 0 spiro atoms. The molecule has 1 N–H and O–H groups in total. The van der Waals surface area contributed by atoms with Gasteiger partial charge in [0, 0.05) is 13.1 Å². The van der Waals surface area contributed by atoms with Crippen LogP contribution in [0.25, 0.3) is 0 Å². The summed E-state index contributed by atoms with van der Waals surface area (Å²) in [6.07, 6.45) is 0.700. The van der Waals surface area contributed by atoms with E-state index in [0.29, 0.717) is 31.6 Å². The lowest BCUT2D eigenvalue weighted by atomic mass is 9.68. The predicted molar refractivity (Wildman–Crippen MR) is 91.9 cm³/mol. The molecule has 1 aliphatic heterocycles. The Hall–Kier alpha value is -1.81. The van der Waals surface area contributed by atoms with E-state index in [0.717, 1.165) is 0 Å². The molecule has 1 aliphatic rings. The zero-order valence-electron chi connectivity index (χ0n) is 15.0. The lowest BCUT2D eigenvalue weighted by Crippen LogP contribution is -2.47. The van der Waals surface area contributed by atoms with Gasteiger partial charge in [-0.3, -0.25) is 4.79 Å². The van der Waals surface area contributed by atoms with E-state index in [1.807, 2.05) is 18.7 Å². The second-order valence-electron chi connectivity index (χ2n) is 7.02. The van der Waals surface area contributed by atoms with Crippen molar-refractivity contribution in [1.29, 1.82) is 0 Å². The molecule has 1 heterocycles. The molecule has 1 aromatic rings. The van der Waals surface area contributed by atoms with Crippen molar-refractivity contribution < 1.29 is 35.7 Å². The maximum atomic E-state index is 12.5. The minimum Gasteiger partial charge on any atom is -0.481 e. The molecule has 1 fully saturated rings. The number of piperidine rings is 1. The highest BCUT2D eigenvalue weighted by Crippen LogP contribution is 2.40. The summed E-state index contributed by atoms with van der Waals surface area (Å²) in [6.45, 7) is 5.65. The first-order valence-electron chi connectivity index (χ1n) is 8.40. The summed E-state index contributed by atoms with van der Waals surface area (Å²) in [5.41, 5.74) is -5.21. The zero-order chi connectivity index (χ0) is 20.5. The van der Waals surface area contributed by atoms with Crippen LogP contribution in [-0.4, -0.2) is 49.5 Å². The van der Waals surface area contributed by atoms with Crippen LogP contribution in [0, 0.1) is 5.92 Å². The molecule has 27 heavy (non-hydrogen) atoms. The standard InChI is InChI=1S/C17H22F3NO5S/c1-12-11-21(8-6-15(22)23)9-7-16(12,2)13-4-3-5-14(10-13)26-27(24,25)17(18,19)20/h3-5,10,12H,6-9,11H2,1-2H3,(H,22,23)/t12-,16+/m0/s1. The third kappa shape index (κ3) is 4.92. The highest BCUT2D eigenvalue weighted by Gasteiger charge is 2.48. The molecule has 2 atom stereocenters. The van der Waals surface area contributed by atoms with E-state index >= 15 is 0 Å². The van der Waals surface area contributed by atoms with Gasteiger partial charge in [-0.05, 0) is 42.0 Å². The predicted octanol–water partition coefficient (Wildman–Crippen LogP) is 2.99. The fourth-order valence-electron chi connectivity index (χ4n) is 3.28. The second kappa shape index (κ2) is 7.67. The van der Waals surface area contributed by atoms with Gasteiger partial charge in [-0.1, -0.05) is 26.0 Å². The van der Waals surface area contributed by atoms with Crippen LogP contribution in [0.4, 0.5) is 13.2 Å². The number of nitrogens with zero attached hydrogens (tertiary/aromatic N) is 1. The van der Waals surface area contributed by atoms with E-state index in [1.54, 1.807) is 6.07 Å². The van der Waals surface area contributed by atoms with Crippen molar-refractivity contribution in [3.8, 4) is 5.75 Å². The highest BCUT2D eigenvalue weighted by molar-refractivity contribution is 7.88. The largest absolute Gasteiger partial charge is 0.534 e. The quantitative estimate of drug-likeness (QED) is 0.575. The van der Waals surface area contributed by atoms with Gasteiger partial charge in [-0.15, -0.1) is 0 Å². The van der Waals surface area contributed by atoms with Crippen molar-refractivity contribution >= 4 is 16.1 Å². The van der Waals surface area contributed by atoms with Crippen molar-refractivity contribution in [2.45, 2.75) is 37.6 Å². The third-order valence-corrected chi connectivity index (χ3v) is 6.17. The normalized spacial score (nSPS) is 24.6. The number of hydrogen-bond acceptors (Lipinski definition) is 5. The van der Waals surface area contributed by atoms with Crippen LogP contribution in [0.3, 0.4) is 0 Å². The summed E-state index contributed by atoms with van der Waals surface area (Å²) < 4.78 is 64.2. The van der Waals surface area contributed by atoms with E-state index in [2.05, 4.69) is 4.18 Å². The first kappa shape index (κ1) is 21.5. The van der Waals surface area contributed by atoms with Crippen molar-refractivity contribution in [1.82, 2.24) is 4.90 Å². The van der Waals surface area contributed by atoms with Gasteiger partial charge in [0.05, 0.1) is 6.42 Å². The number of hydrogen-bond donors (Lipinski definition) is 1. The van der Waals surface area contributed by atoms with Crippen LogP contribution in [0.2, 0.25) is 0 Å². The smallest absolute Gasteiger partial charge is 0.481 e. The summed E-state index contributed by atoms with van der Waals surface area (Å²) in [5.74, 6) is -1.17. The number of carbonyl (C=O) groups is 1. The first-order valence-corrected chi connectivity index (χ1v) is 9.81. The molecule has 2 rings (SSSR count). The highest BCUT2D eigenvalue weighted by atomic mass is 32.2. The minimum absolute atomic E-state index is 0.0437. The molecule has 1 aromatic carbocycles. The van der Waals surface area contributed by atoms with Gasteiger partial charge in [0.2, 0.25) is 0 Å². The molecular weight excluding hydrogens is 387 g/mol. The minimum atomic E-state index is -5.72. The molecule has 0 unspecified atom stereocenters. The van der Waals surface area contributed by atoms with E-state index in [1.165, 1.54) is 18.2 Å². The van der Waals surface area contributed by atoms with Gasteiger partial charge >= 0.3 is 21.6 Å². The zero-order valence-corrected chi connectivity index (χ0v) is 15.8. The molecule has 0 aromatic heterocycles. The van der Waals surface area contributed by atoms with Gasteiger partial charge < -0.3 is 14.2 Å². The molecule has 10 heteroatoms. The van der Waals surface area contributed by atoms with Gasteiger partial charge in [0.1, 0.15) is 5.75 Å². The Morgan fingerprint density at radius 2 is 2.07 bits per heavy atom. The second-order valence-corrected chi connectivity index (χ2v) is 8.56. The van der Waals surface area contributed by atoms with Crippen LogP contribution in [0.5, 0.6) is 5.75 Å². The van der Waals surface area contributed by atoms with Crippen molar-refractivity contribution in [2.75, 3.05) is 19.6 Å². The third-order valence-electron chi connectivity index (χ3n) is 5.19. The number of aliphatic carboxylic acids is 1. The Morgan fingerprint density at radius 1 is 1.41 bits per heavy atom. The van der Waals surface area contributed by atoms with Crippen molar-refractivity contribution in [2.24, 2.45) is 5.92 Å². The van der Waals surface area contributed by atoms with Crippen LogP contribution in [0.15, 0.2) is 24.3 Å². The first-order chi connectivity index (χ1) is 12.3. The molecule has 6 nitrogen and oxygen atoms in total. The summed E-state index contributed by atoms with van der Waals surface area (Å²) in [5, 5.41) is 8.80. The summed E-state index contributed by atoms with van der Waals surface area (Å²) >= 11 is 0. The van der Waals surface area contributed by atoms with Crippen LogP contribution in [-0.2, 0) is 20.3 Å². The molecular formula is C17H22F3NO5S. The maximum Gasteiger partial charge on any atom is 0.534 e. The fourth-order valence-corrected chi connectivity index (χ4v) is 3.73. The molecule has 0 bridgehead atoms. The van der Waals surface area contributed by atoms with E-state index in [9.17, 15) is 26.4 Å². The number of halogens is 3. The number of rotatable bonds is 6. The number of alkyl halides is 3. The lowest BCUT2D eigenvalue weighted by Gasteiger charge is -2.45. The van der Waals surface area contributed by atoms with Gasteiger partial charge in [0.15, 0.2) is 0 Å². The van der Waals surface area contributed by atoms with Crippen LogP contribution < -0.4 is 4.18 Å². The molecule has 152 valence electrons. The Morgan fingerprint density at radius 3 is 2.63 bits per heavy atom. The maximum absolute atomic E-state index is 12.5. The number of benzene rings is 1. The Bertz CT molecular complexity index is 796. The van der Waals surface area contributed by atoms with Gasteiger partial charge in [-0.2, -0.15) is 21.6 Å². The monoisotopic (exact) mass is 409 g/mol. The van der Waals surface area contributed by atoms with Crippen molar-refractivity contribution in [3.05, 3.63) is 29.8 Å². The van der Waals surface area contributed by atoms with Crippen molar-refractivity contribution in [3.63, 3.8) is 0 Å². The number of likely N-dealkylation sites (tertiary alicyclic amines) is 1. The van der Waals surface area contributed by atoms with E-state index in [-0.39, 0.29) is 18.1 Å². The number of carboxylic acid groups (broad SMARTS) is 1. The average molecular weight is 409 g/mol. The molecule has 1 saturated heterocycles. The lowest BCUT2D eigenvalue weighted by molar-refractivity contribution is -0.137. The summed E-state index contributed by atoms with van der Waals surface area (Å²) in [7, 11) is -5.72. The number of carboxylic acids is 1. The van der Waals surface area contributed by atoms with Crippen LogP contribution >= 0.6 is 0 Å². The Balaban J connectivity index is 2.17. The molecule has 0 amide bonds. The van der Waals surface area contributed by atoms with Gasteiger partial charge in [-0.25, -0.2) is 0 Å².